The average molecular weight is 214 g/mol. The Morgan fingerprint density at radius 2 is 2.13 bits per heavy atom. The molecule has 0 amide bonds. The number of hydrogen-bond acceptors (Lipinski definition) is 3. The first-order valence-corrected chi connectivity index (χ1v) is 6.04. The van der Waals surface area contributed by atoms with Crippen LogP contribution in [0.5, 0.6) is 0 Å². The van der Waals surface area contributed by atoms with Crippen LogP contribution in [0, 0.1) is 5.41 Å². The number of hydrogen-bond donors (Lipinski definition) is 2. The molecular formula is C12H26N2O. The van der Waals surface area contributed by atoms with Crippen LogP contribution in [-0.2, 0) is 4.74 Å². The van der Waals surface area contributed by atoms with Crippen molar-refractivity contribution >= 4 is 0 Å². The molecule has 1 saturated carbocycles. The van der Waals surface area contributed by atoms with Gasteiger partial charge in [0.1, 0.15) is 0 Å². The molecular weight excluding hydrogens is 188 g/mol. The van der Waals surface area contributed by atoms with Crippen molar-refractivity contribution in [3.63, 3.8) is 0 Å². The molecule has 3 unspecified atom stereocenters. The highest BCUT2D eigenvalue weighted by molar-refractivity contribution is 5.02. The van der Waals surface area contributed by atoms with Gasteiger partial charge in [-0.1, -0.05) is 13.8 Å². The van der Waals surface area contributed by atoms with E-state index in [1.807, 2.05) is 7.05 Å². The van der Waals surface area contributed by atoms with Crippen molar-refractivity contribution in [2.24, 2.45) is 5.41 Å². The summed E-state index contributed by atoms with van der Waals surface area (Å²) in [6.07, 6.45) is 1.59. The predicted molar refractivity (Wildman–Crippen MR) is 64.1 cm³/mol. The summed E-state index contributed by atoms with van der Waals surface area (Å²) in [7, 11) is 2.00. The van der Waals surface area contributed by atoms with Crippen LogP contribution in [0.4, 0.5) is 0 Å². The molecule has 3 atom stereocenters. The van der Waals surface area contributed by atoms with Gasteiger partial charge in [0.15, 0.2) is 0 Å². The molecule has 1 aliphatic rings. The van der Waals surface area contributed by atoms with Gasteiger partial charge < -0.3 is 15.4 Å². The zero-order valence-electron chi connectivity index (χ0n) is 10.8. The van der Waals surface area contributed by atoms with E-state index in [1.165, 1.54) is 0 Å². The number of ether oxygens (including phenoxy) is 1. The molecule has 0 aromatic heterocycles. The third kappa shape index (κ3) is 2.92. The van der Waals surface area contributed by atoms with E-state index in [0.717, 1.165) is 19.6 Å². The molecule has 0 saturated heterocycles. The lowest BCUT2D eigenvalue weighted by atomic mass is 9.64. The summed E-state index contributed by atoms with van der Waals surface area (Å²) in [6.45, 7) is 10.7. The smallest absolute Gasteiger partial charge is 0.0655 e. The van der Waals surface area contributed by atoms with Crippen LogP contribution in [-0.4, -0.2) is 38.4 Å². The van der Waals surface area contributed by atoms with E-state index in [9.17, 15) is 0 Å². The molecule has 2 N–H and O–H groups in total. The van der Waals surface area contributed by atoms with Gasteiger partial charge in [0, 0.05) is 30.7 Å². The molecule has 0 spiro atoms. The van der Waals surface area contributed by atoms with E-state index in [-0.39, 0.29) is 5.41 Å². The molecule has 3 nitrogen and oxygen atoms in total. The lowest BCUT2D eigenvalue weighted by Gasteiger charge is -2.52. The minimum absolute atomic E-state index is 0.281. The zero-order chi connectivity index (χ0) is 11.5. The normalized spacial score (nSPS) is 31.0. The van der Waals surface area contributed by atoms with E-state index in [2.05, 4.69) is 38.3 Å². The van der Waals surface area contributed by atoms with Crippen LogP contribution in [0.25, 0.3) is 0 Å². The van der Waals surface area contributed by atoms with Gasteiger partial charge >= 0.3 is 0 Å². The highest BCUT2D eigenvalue weighted by Crippen LogP contribution is 2.42. The van der Waals surface area contributed by atoms with Crippen molar-refractivity contribution in [2.45, 2.75) is 52.3 Å². The lowest BCUT2D eigenvalue weighted by Crippen LogP contribution is -2.62. The standard InChI is InChI=1S/C12H26N2O/c1-6-15-11-7-10(12(11,3)4)14-8-9(2)13-5/h9-11,13-14H,6-8H2,1-5H3. The molecule has 1 rings (SSSR count). The second-order valence-electron chi connectivity index (χ2n) is 5.15. The topological polar surface area (TPSA) is 33.3 Å². The summed E-state index contributed by atoms with van der Waals surface area (Å²) < 4.78 is 5.70. The molecule has 90 valence electrons. The Balaban J connectivity index is 2.29. The largest absolute Gasteiger partial charge is 0.378 e. The first-order chi connectivity index (χ1) is 7.02. The Hall–Kier alpha value is -0.120. The predicted octanol–water partition coefficient (Wildman–Crippen LogP) is 1.39. The van der Waals surface area contributed by atoms with Crippen LogP contribution in [0.1, 0.15) is 34.1 Å². The van der Waals surface area contributed by atoms with Gasteiger partial charge in [0.2, 0.25) is 0 Å². The van der Waals surface area contributed by atoms with Crippen LogP contribution in [0.15, 0.2) is 0 Å². The maximum absolute atomic E-state index is 5.70. The minimum atomic E-state index is 0.281. The summed E-state index contributed by atoms with van der Waals surface area (Å²) in [6, 6.07) is 1.14. The van der Waals surface area contributed by atoms with Gasteiger partial charge in [0.05, 0.1) is 6.10 Å². The van der Waals surface area contributed by atoms with Crippen molar-refractivity contribution < 1.29 is 4.74 Å². The summed E-state index contributed by atoms with van der Waals surface area (Å²) >= 11 is 0. The van der Waals surface area contributed by atoms with Crippen molar-refractivity contribution in [3.05, 3.63) is 0 Å². The third-order valence-electron chi connectivity index (χ3n) is 3.71. The monoisotopic (exact) mass is 214 g/mol. The highest BCUT2D eigenvalue weighted by atomic mass is 16.5. The van der Waals surface area contributed by atoms with E-state index in [4.69, 9.17) is 4.74 Å². The van der Waals surface area contributed by atoms with E-state index < -0.39 is 0 Å². The fourth-order valence-electron chi connectivity index (χ4n) is 2.14. The van der Waals surface area contributed by atoms with Crippen molar-refractivity contribution in [2.75, 3.05) is 20.2 Å². The molecule has 0 aliphatic heterocycles. The fraction of sp³-hybridized carbons (Fsp3) is 1.00. The second-order valence-corrected chi connectivity index (χ2v) is 5.15. The Morgan fingerprint density at radius 1 is 1.47 bits per heavy atom. The minimum Gasteiger partial charge on any atom is -0.378 e. The molecule has 1 fully saturated rings. The maximum atomic E-state index is 5.70. The molecule has 1 aliphatic carbocycles. The van der Waals surface area contributed by atoms with Crippen LogP contribution < -0.4 is 10.6 Å². The molecule has 3 heteroatoms. The Labute approximate surface area is 94.0 Å². The van der Waals surface area contributed by atoms with Gasteiger partial charge in [-0.3, -0.25) is 0 Å². The van der Waals surface area contributed by atoms with Gasteiger partial charge in [-0.2, -0.15) is 0 Å². The Bertz CT molecular complexity index is 194. The third-order valence-corrected chi connectivity index (χ3v) is 3.71. The number of nitrogens with one attached hydrogen (secondary N) is 2. The molecule has 15 heavy (non-hydrogen) atoms. The van der Waals surface area contributed by atoms with Gasteiger partial charge in [-0.05, 0) is 27.3 Å². The first-order valence-electron chi connectivity index (χ1n) is 6.04. The molecule has 0 heterocycles. The Morgan fingerprint density at radius 3 is 2.60 bits per heavy atom. The molecule has 0 radical (unpaired) electrons. The first kappa shape index (κ1) is 12.9. The summed E-state index contributed by atoms with van der Waals surface area (Å²) in [5, 5.41) is 6.84. The molecule has 0 aromatic rings. The van der Waals surface area contributed by atoms with Crippen LogP contribution in [0.2, 0.25) is 0 Å². The lowest BCUT2D eigenvalue weighted by molar-refractivity contribution is -0.114. The zero-order valence-corrected chi connectivity index (χ0v) is 10.8. The molecule has 0 bridgehead atoms. The van der Waals surface area contributed by atoms with Gasteiger partial charge in [-0.15, -0.1) is 0 Å². The maximum Gasteiger partial charge on any atom is 0.0655 e. The van der Waals surface area contributed by atoms with E-state index in [0.29, 0.717) is 18.2 Å². The average Bonchev–Trinajstić information content (AvgIpc) is 2.21. The number of likely N-dealkylation sites (N-methyl/N-ethyl adjacent to an activating group) is 1. The van der Waals surface area contributed by atoms with Crippen molar-refractivity contribution in [1.29, 1.82) is 0 Å². The van der Waals surface area contributed by atoms with Crippen LogP contribution in [0.3, 0.4) is 0 Å². The summed E-state index contributed by atoms with van der Waals surface area (Å²) in [5.41, 5.74) is 0.281. The quantitative estimate of drug-likeness (QED) is 0.701. The van der Waals surface area contributed by atoms with Gasteiger partial charge in [0.25, 0.3) is 0 Å². The highest BCUT2D eigenvalue weighted by Gasteiger charge is 2.48. The fourth-order valence-corrected chi connectivity index (χ4v) is 2.14. The van der Waals surface area contributed by atoms with E-state index >= 15 is 0 Å². The van der Waals surface area contributed by atoms with Gasteiger partial charge in [-0.25, -0.2) is 0 Å². The van der Waals surface area contributed by atoms with Crippen LogP contribution >= 0.6 is 0 Å². The second kappa shape index (κ2) is 5.28. The van der Waals surface area contributed by atoms with E-state index in [1.54, 1.807) is 0 Å². The Kier molecular flexibility index (Phi) is 4.56. The summed E-state index contributed by atoms with van der Waals surface area (Å²) in [4.78, 5) is 0. The summed E-state index contributed by atoms with van der Waals surface area (Å²) in [5.74, 6) is 0. The number of rotatable bonds is 6. The van der Waals surface area contributed by atoms with Crippen molar-refractivity contribution in [3.8, 4) is 0 Å². The molecule has 0 aromatic carbocycles. The SMILES string of the molecule is CCOC1CC(NCC(C)NC)C1(C)C. The van der Waals surface area contributed by atoms with Crippen molar-refractivity contribution in [1.82, 2.24) is 10.6 Å².